The van der Waals surface area contributed by atoms with Gasteiger partial charge in [-0.3, -0.25) is 0 Å². The molecule has 0 aliphatic carbocycles. The van der Waals surface area contributed by atoms with E-state index >= 15 is 0 Å². The number of nitrogens with one attached hydrogen (secondary N) is 1. The van der Waals surface area contributed by atoms with E-state index in [2.05, 4.69) is 30.8 Å². The molecule has 0 bridgehead atoms. The second-order valence-electron chi connectivity index (χ2n) is 4.29. The quantitative estimate of drug-likeness (QED) is 0.768. The Hall–Kier alpha value is -1.76. The molecule has 0 saturated carbocycles. The predicted octanol–water partition coefficient (Wildman–Crippen LogP) is -0.293. The molecule has 90 valence electrons. The Morgan fingerprint density at radius 3 is 3.24 bits per heavy atom. The van der Waals surface area contributed by atoms with Crippen LogP contribution < -0.4 is 10.2 Å². The summed E-state index contributed by atoms with van der Waals surface area (Å²) in [6.07, 6.45) is 2.40. The SMILES string of the molecule is CNC1CCCN(c2ccc3nnnn3n2)C1. The van der Waals surface area contributed by atoms with Crippen LogP contribution in [0.5, 0.6) is 0 Å². The summed E-state index contributed by atoms with van der Waals surface area (Å²) in [7, 11) is 2.01. The maximum atomic E-state index is 4.41. The summed E-state index contributed by atoms with van der Waals surface area (Å²) < 4.78 is 1.47. The lowest BCUT2D eigenvalue weighted by Crippen LogP contribution is -2.44. The molecular formula is C10H15N7. The highest BCUT2D eigenvalue weighted by atomic mass is 15.6. The van der Waals surface area contributed by atoms with Gasteiger partial charge in [0.15, 0.2) is 11.5 Å². The third-order valence-electron chi connectivity index (χ3n) is 3.21. The van der Waals surface area contributed by atoms with Gasteiger partial charge in [0.05, 0.1) is 0 Å². The molecule has 2 aromatic rings. The monoisotopic (exact) mass is 233 g/mol. The van der Waals surface area contributed by atoms with Gasteiger partial charge in [0.1, 0.15) is 0 Å². The van der Waals surface area contributed by atoms with E-state index in [4.69, 9.17) is 0 Å². The average molecular weight is 233 g/mol. The number of nitrogens with zero attached hydrogens (tertiary/aromatic N) is 6. The third kappa shape index (κ3) is 1.93. The number of fused-ring (bicyclic) bond motifs is 1. The normalized spacial score (nSPS) is 21.0. The molecule has 7 heteroatoms. The number of piperidine rings is 1. The van der Waals surface area contributed by atoms with Gasteiger partial charge in [-0.05, 0) is 42.4 Å². The fourth-order valence-electron chi connectivity index (χ4n) is 2.23. The van der Waals surface area contributed by atoms with E-state index in [1.807, 2.05) is 19.2 Å². The van der Waals surface area contributed by atoms with Crippen molar-refractivity contribution in [2.45, 2.75) is 18.9 Å². The average Bonchev–Trinajstić information content (AvgIpc) is 2.86. The summed E-state index contributed by atoms with van der Waals surface area (Å²) in [6, 6.07) is 4.41. The van der Waals surface area contributed by atoms with Gasteiger partial charge < -0.3 is 10.2 Å². The maximum absolute atomic E-state index is 4.41. The van der Waals surface area contributed by atoms with Crippen LogP contribution in [0.4, 0.5) is 5.82 Å². The highest BCUT2D eigenvalue weighted by molar-refractivity contribution is 5.44. The molecule has 0 radical (unpaired) electrons. The zero-order valence-electron chi connectivity index (χ0n) is 9.74. The van der Waals surface area contributed by atoms with Crippen LogP contribution in [0.1, 0.15) is 12.8 Å². The molecule has 0 amide bonds. The smallest absolute Gasteiger partial charge is 0.200 e. The Morgan fingerprint density at radius 2 is 2.35 bits per heavy atom. The van der Waals surface area contributed by atoms with E-state index in [0.29, 0.717) is 11.7 Å². The van der Waals surface area contributed by atoms with Gasteiger partial charge in [0.2, 0.25) is 0 Å². The maximum Gasteiger partial charge on any atom is 0.200 e. The lowest BCUT2D eigenvalue weighted by atomic mass is 10.1. The Labute approximate surface area is 98.8 Å². The lowest BCUT2D eigenvalue weighted by molar-refractivity contribution is 0.446. The minimum absolute atomic E-state index is 0.537. The molecule has 2 aromatic heterocycles. The molecule has 17 heavy (non-hydrogen) atoms. The van der Waals surface area contributed by atoms with Crippen molar-refractivity contribution < 1.29 is 0 Å². The highest BCUT2D eigenvalue weighted by Crippen LogP contribution is 2.17. The van der Waals surface area contributed by atoms with E-state index in [1.165, 1.54) is 17.5 Å². The Balaban J connectivity index is 1.86. The fourth-order valence-corrected chi connectivity index (χ4v) is 2.23. The summed E-state index contributed by atoms with van der Waals surface area (Å²) in [5.41, 5.74) is 0.677. The second-order valence-corrected chi connectivity index (χ2v) is 4.29. The van der Waals surface area contributed by atoms with Crippen LogP contribution in [-0.2, 0) is 0 Å². The van der Waals surface area contributed by atoms with Crippen molar-refractivity contribution in [3.63, 3.8) is 0 Å². The largest absolute Gasteiger partial charge is 0.354 e. The minimum atomic E-state index is 0.537. The number of aromatic nitrogens is 5. The number of hydrogen-bond donors (Lipinski definition) is 1. The van der Waals surface area contributed by atoms with Crippen molar-refractivity contribution in [3.05, 3.63) is 12.1 Å². The minimum Gasteiger partial charge on any atom is -0.354 e. The van der Waals surface area contributed by atoms with Crippen LogP contribution >= 0.6 is 0 Å². The van der Waals surface area contributed by atoms with Gasteiger partial charge in [0.25, 0.3) is 0 Å². The van der Waals surface area contributed by atoms with Crippen LogP contribution in [0.3, 0.4) is 0 Å². The molecule has 1 saturated heterocycles. The van der Waals surface area contributed by atoms with Crippen LogP contribution in [0, 0.1) is 0 Å². The molecule has 1 fully saturated rings. The summed E-state index contributed by atoms with van der Waals surface area (Å²) in [4.78, 5) is 2.27. The zero-order chi connectivity index (χ0) is 11.7. The van der Waals surface area contributed by atoms with Crippen LogP contribution in [0.15, 0.2) is 12.1 Å². The van der Waals surface area contributed by atoms with Gasteiger partial charge in [-0.25, -0.2) is 0 Å². The Bertz CT molecular complexity index is 508. The topological polar surface area (TPSA) is 71.2 Å². The first kappa shape index (κ1) is 10.4. The Morgan fingerprint density at radius 1 is 1.41 bits per heavy atom. The van der Waals surface area contributed by atoms with E-state index in [9.17, 15) is 0 Å². The number of hydrogen-bond acceptors (Lipinski definition) is 6. The van der Waals surface area contributed by atoms with Crippen molar-refractivity contribution in [2.24, 2.45) is 0 Å². The molecule has 1 aliphatic rings. The van der Waals surface area contributed by atoms with Crippen molar-refractivity contribution >= 4 is 11.5 Å². The molecule has 1 atom stereocenters. The third-order valence-corrected chi connectivity index (χ3v) is 3.21. The first-order chi connectivity index (χ1) is 8.36. The van der Waals surface area contributed by atoms with Gasteiger partial charge in [-0.15, -0.1) is 14.8 Å². The molecule has 0 aromatic carbocycles. The van der Waals surface area contributed by atoms with E-state index in [1.54, 1.807) is 0 Å². The molecule has 1 N–H and O–H groups in total. The molecular weight excluding hydrogens is 218 g/mol. The van der Waals surface area contributed by atoms with Crippen molar-refractivity contribution in [1.82, 2.24) is 30.6 Å². The number of anilines is 1. The van der Waals surface area contributed by atoms with Crippen LogP contribution in [-0.4, -0.2) is 51.4 Å². The van der Waals surface area contributed by atoms with Crippen LogP contribution in [0.25, 0.3) is 5.65 Å². The first-order valence-corrected chi connectivity index (χ1v) is 5.84. The zero-order valence-corrected chi connectivity index (χ0v) is 9.74. The molecule has 3 heterocycles. The van der Waals surface area contributed by atoms with Gasteiger partial charge in [-0.1, -0.05) is 0 Å². The summed E-state index contributed by atoms with van der Waals surface area (Å²) in [5, 5.41) is 19.0. The van der Waals surface area contributed by atoms with Gasteiger partial charge >= 0.3 is 0 Å². The highest BCUT2D eigenvalue weighted by Gasteiger charge is 2.19. The predicted molar refractivity (Wildman–Crippen MR) is 62.9 cm³/mol. The molecule has 1 aliphatic heterocycles. The van der Waals surface area contributed by atoms with Crippen LogP contribution in [0.2, 0.25) is 0 Å². The number of tetrazole rings is 1. The van der Waals surface area contributed by atoms with Crippen molar-refractivity contribution in [3.8, 4) is 0 Å². The molecule has 1 unspecified atom stereocenters. The standard InChI is InChI=1S/C10H15N7/c1-11-8-3-2-6-16(7-8)10-5-4-9-12-14-15-17(9)13-10/h4-5,8,11H,2-3,6-7H2,1H3. The Kier molecular flexibility index (Phi) is 2.60. The first-order valence-electron chi connectivity index (χ1n) is 5.84. The lowest BCUT2D eigenvalue weighted by Gasteiger charge is -2.33. The summed E-state index contributed by atoms with van der Waals surface area (Å²) in [5.74, 6) is 0.935. The fraction of sp³-hybridized carbons (Fsp3) is 0.600. The number of rotatable bonds is 2. The second kappa shape index (κ2) is 4.25. The molecule has 7 nitrogen and oxygen atoms in total. The van der Waals surface area contributed by atoms with Crippen molar-refractivity contribution in [1.29, 1.82) is 0 Å². The van der Waals surface area contributed by atoms with Gasteiger partial charge in [-0.2, -0.15) is 0 Å². The van der Waals surface area contributed by atoms with E-state index < -0.39 is 0 Å². The molecule has 3 rings (SSSR count). The van der Waals surface area contributed by atoms with Gasteiger partial charge in [0, 0.05) is 19.1 Å². The number of likely N-dealkylation sites (N-methyl/N-ethyl adjacent to an activating group) is 1. The van der Waals surface area contributed by atoms with E-state index in [0.717, 1.165) is 18.9 Å². The van der Waals surface area contributed by atoms with Crippen molar-refractivity contribution in [2.75, 3.05) is 25.0 Å². The van der Waals surface area contributed by atoms with E-state index in [-0.39, 0.29) is 0 Å². The molecule has 0 spiro atoms. The summed E-state index contributed by atoms with van der Waals surface area (Å²) >= 11 is 0. The summed E-state index contributed by atoms with van der Waals surface area (Å²) in [6.45, 7) is 2.02.